The Morgan fingerprint density at radius 3 is 2.41 bits per heavy atom. The maximum absolute atomic E-state index is 13.4. The van der Waals surface area contributed by atoms with Crippen molar-refractivity contribution in [1.82, 2.24) is 9.13 Å². The van der Waals surface area contributed by atoms with E-state index in [2.05, 4.69) is 5.10 Å². The summed E-state index contributed by atoms with van der Waals surface area (Å²) >= 11 is -0.873. The molecule has 34 heavy (non-hydrogen) atoms. The SMILES string of the molecule is CCn1c(=O)c(C2=IC=NN2c2ccc(C#N)cc2)c(C)n(-c2cccc(C(F)(F)F)c2)c1=O. The van der Waals surface area contributed by atoms with Crippen molar-refractivity contribution < 1.29 is 13.2 Å². The van der Waals surface area contributed by atoms with Gasteiger partial charge in [0.2, 0.25) is 0 Å². The number of rotatable bonds is 4. The van der Waals surface area contributed by atoms with E-state index in [4.69, 9.17) is 5.26 Å². The summed E-state index contributed by atoms with van der Waals surface area (Å²) in [6.07, 6.45) is -4.58. The number of benzene rings is 2. The van der Waals surface area contributed by atoms with Crippen LogP contribution in [0.1, 0.15) is 29.3 Å². The molecule has 2 aromatic carbocycles. The Bertz CT molecular complexity index is 1500. The van der Waals surface area contributed by atoms with Crippen molar-refractivity contribution in [3.05, 3.63) is 91.8 Å². The van der Waals surface area contributed by atoms with Crippen LogP contribution in [0.5, 0.6) is 0 Å². The summed E-state index contributed by atoms with van der Waals surface area (Å²) in [4.78, 5) is 26.5. The van der Waals surface area contributed by atoms with Crippen molar-refractivity contribution >= 4 is 34.3 Å². The average Bonchev–Trinajstić information content (AvgIpc) is 3.28. The van der Waals surface area contributed by atoms with Gasteiger partial charge in [0.15, 0.2) is 0 Å². The number of anilines is 1. The lowest BCUT2D eigenvalue weighted by atomic mass is 10.1. The summed E-state index contributed by atoms with van der Waals surface area (Å²) in [6, 6.07) is 13.1. The monoisotopic (exact) mass is 579 g/mol. The van der Waals surface area contributed by atoms with E-state index in [9.17, 15) is 22.8 Å². The fourth-order valence-corrected chi connectivity index (χ4v) is 5.86. The van der Waals surface area contributed by atoms with Gasteiger partial charge in [-0.25, -0.2) is 9.80 Å². The Hall–Kier alpha value is -3.53. The van der Waals surface area contributed by atoms with Crippen LogP contribution in [0.2, 0.25) is 0 Å². The van der Waals surface area contributed by atoms with Crippen molar-refractivity contribution in [2.45, 2.75) is 26.6 Å². The fourth-order valence-electron chi connectivity index (χ4n) is 3.62. The first kappa shape index (κ1) is 23.6. The molecule has 3 aromatic rings. The van der Waals surface area contributed by atoms with E-state index in [-0.39, 0.29) is 23.5 Å². The molecule has 2 heterocycles. The summed E-state index contributed by atoms with van der Waals surface area (Å²) < 4.78 is 44.4. The molecule has 174 valence electrons. The van der Waals surface area contributed by atoms with Crippen molar-refractivity contribution in [2.24, 2.45) is 5.10 Å². The van der Waals surface area contributed by atoms with Gasteiger partial charge >= 0.3 is 11.9 Å². The molecule has 11 heteroatoms. The number of alkyl halides is 3. The zero-order chi connectivity index (χ0) is 24.6. The average molecular weight is 579 g/mol. The van der Waals surface area contributed by atoms with Crippen molar-refractivity contribution in [3.63, 3.8) is 0 Å². The van der Waals surface area contributed by atoms with Crippen LogP contribution in [0.3, 0.4) is 0 Å². The highest BCUT2D eigenvalue weighted by Crippen LogP contribution is 2.31. The van der Waals surface area contributed by atoms with Gasteiger partial charge in [-0.05, 0) is 77.0 Å². The van der Waals surface area contributed by atoms with Crippen LogP contribution < -0.4 is 16.3 Å². The zero-order valence-corrected chi connectivity index (χ0v) is 20.1. The van der Waals surface area contributed by atoms with Crippen molar-refractivity contribution in [2.75, 3.05) is 5.01 Å². The molecule has 0 bridgehead atoms. The minimum atomic E-state index is -4.58. The van der Waals surface area contributed by atoms with Crippen molar-refractivity contribution in [3.8, 4) is 11.8 Å². The second-order valence-corrected chi connectivity index (χ2v) is 9.46. The van der Waals surface area contributed by atoms with Crippen LogP contribution in [-0.2, 0) is 12.7 Å². The lowest BCUT2D eigenvalue weighted by Gasteiger charge is -2.22. The Morgan fingerprint density at radius 2 is 1.79 bits per heavy atom. The Kier molecular flexibility index (Phi) is 6.26. The fraction of sp³-hybridized carbons (Fsp3) is 0.174. The quantitative estimate of drug-likeness (QED) is 0.436. The van der Waals surface area contributed by atoms with Gasteiger partial charge in [0, 0.05) is 12.2 Å². The van der Waals surface area contributed by atoms with Gasteiger partial charge < -0.3 is 0 Å². The third-order valence-corrected chi connectivity index (χ3v) is 7.38. The van der Waals surface area contributed by atoms with E-state index < -0.39 is 43.7 Å². The number of nitriles is 1. The molecule has 0 radical (unpaired) electrons. The Labute approximate surface area is 201 Å². The minimum Gasteiger partial charge on any atom is -0.268 e. The highest BCUT2D eigenvalue weighted by atomic mass is 127. The highest BCUT2D eigenvalue weighted by Gasteiger charge is 2.31. The van der Waals surface area contributed by atoms with Gasteiger partial charge in [-0.1, -0.05) is 6.07 Å². The van der Waals surface area contributed by atoms with Crippen LogP contribution in [-0.4, -0.2) is 17.0 Å². The normalized spacial score (nSPS) is 13.4. The number of hydrogen-bond donors (Lipinski definition) is 0. The summed E-state index contributed by atoms with van der Waals surface area (Å²) in [5.41, 5.74) is -0.555. The van der Waals surface area contributed by atoms with E-state index in [0.717, 1.165) is 21.3 Å². The first-order valence-electron chi connectivity index (χ1n) is 10.0. The van der Waals surface area contributed by atoms with Crippen LogP contribution in [0, 0.1) is 18.3 Å². The number of hydrazone groups is 1. The van der Waals surface area contributed by atoms with E-state index in [1.807, 2.05) is 6.07 Å². The van der Waals surface area contributed by atoms with Crippen LogP contribution in [0.15, 0.2) is 63.2 Å². The molecule has 0 saturated carbocycles. The minimum absolute atomic E-state index is 0.0170. The lowest BCUT2D eigenvalue weighted by molar-refractivity contribution is -0.137. The van der Waals surface area contributed by atoms with E-state index in [1.165, 1.54) is 12.1 Å². The standard InChI is InChI=1S/C23H17F3IN5O2/c1-3-30-21(33)19(20-27-13-29-32(20)17-9-7-15(12-28)8-10-17)14(2)31(22(30)34)18-6-4-5-16(11-18)23(24,25)26/h4-11,13H,3H2,1-2H3. The Balaban J connectivity index is 1.94. The van der Waals surface area contributed by atoms with Crippen LogP contribution in [0.25, 0.3) is 5.69 Å². The predicted octanol–water partition coefficient (Wildman–Crippen LogP) is 4.13. The van der Waals surface area contributed by atoms with Gasteiger partial charge in [0.05, 0.1) is 38.4 Å². The molecule has 1 aromatic heterocycles. The molecule has 0 unspecified atom stereocenters. The number of hydrogen-bond acceptors (Lipinski definition) is 5. The molecule has 1 aliphatic heterocycles. The molecule has 0 fully saturated rings. The van der Waals surface area contributed by atoms with Gasteiger partial charge in [-0.2, -0.15) is 23.5 Å². The molecule has 7 nitrogen and oxygen atoms in total. The van der Waals surface area contributed by atoms with Gasteiger partial charge in [-0.3, -0.25) is 13.9 Å². The van der Waals surface area contributed by atoms with E-state index >= 15 is 0 Å². The summed E-state index contributed by atoms with van der Waals surface area (Å²) in [5.74, 6) is 0. The molecular weight excluding hydrogens is 562 g/mol. The maximum atomic E-state index is 13.4. The topological polar surface area (TPSA) is 83.4 Å². The summed E-state index contributed by atoms with van der Waals surface area (Å²) in [6.45, 7) is 3.22. The summed E-state index contributed by atoms with van der Waals surface area (Å²) in [5, 5.41) is 15.0. The largest absolute Gasteiger partial charge is 0.416 e. The van der Waals surface area contributed by atoms with E-state index in [0.29, 0.717) is 14.9 Å². The number of aromatic nitrogens is 2. The third-order valence-electron chi connectivity index (χ3n) is 5.27. The third kappa shape index (κ3) is 4.09. The number of nitrogens with zero attached hydrogens (tertiary/aromatic N) is 5. The lowest BCUT2D eigenvalue weighted by Crippen LogP contribution is -2.45. The molecule has 0 aliphatic carbocycles. The summed E-state index contributed by atoms with van der Waals surface area (Å²) in [7, 11) is 0. The van der Waals surface area contributed by atoms with E-state index in [1.54, 1.807) is 47.3 Å². The second-order valence-electron chi connectivity index (χ2n) is 7.26. The molecular formula is C23H17F3IN5O2. The van der Waals surface area contributed by atoms with Crippen LogP contribution in [0.4, 0.5) is 18.9 Å². The first-order chi connectivity index (χ1) is 16.2. The zero-order valence-electron chi connectivity index (χ0n) is 18.0. The van der Waals surface area contributed by atoms with Crippen LogP contribution >= 0.6 is 20.7 Å². The molecule has 1 aliphatic rings. The molecule has 4 rings (SSSR count). The smallest absolute Gasteiger partial charge is 0.268 e. The highest BCUT2D eigenvalue weighted by molar-refractivity contribution is 14.2. The first-order valence-corrected chi connectivity index (χ1v) is 12.4. The molecule has 0 amide bonds. The van der Waals surface area contributed by atoms with Gasteiger partial charge in [0.1, 0.15) is 3.63 Å². The second kappa shape index (κ2) is 9.02. The van der Waals surface area contributed by atoms with Gasteiger partial charge in [0.25, 0.3) is 5.56 Å². The maximum Gasteiger partial charge on any atom is 0.416 e. The molecule has 0 N–H and O–H groups in total. The Morgan fingerprint density at radius 1 is 1.09 bits per heavy atom. The number of halogens is 4. The molecule has 0 atom stereocenters. The molecule has 0 spiro atoms. The molecule has 0 saturated heterocycles. The van der Waals surface area contributed by atoms with Gasteiger partial charge in [-0.15, -0.1) is 0 Å². The predicted molar refractivity (Wildman–Crippen MR) is 132 cm³/mol. The van der Waals surface area contributed by atoms with Crippen molar-refractivity contribution in [1.29, 1.82) is 5.26 Å².